The molecule has 1 atom stereocenters. The van der Waals surface area contributed by atoms with Crippen LogP contribution in [0.25, 0.3) is 0 Å². The minimum Gasteiger partial charge on any atom is -0.377 e. The second-order valence-corrected chi connectivity index (χ2v) is 6.21. The second kappa shape index (κ2) is 8.66. The van der Waals surface area contributed by atoms with Crippen molar-refractivity contribution < 1.29 is 9.53 Å². The third-order valence-electron chi connectivity index (χ3n) is 4.49. The number of aromatic nitrogens is 5. The molecule has 1 saturated heterocycles. The molecule has 0 spiro atoms. The van der Waals surface area contributed by atoms with Crippen LogP contribution < -0.4 is 0 Å². The summed E-state index contributed by atoms with van der Waals surface area (Å²) < 4.78 is 7.34. The van der Waals surface area contributed by atoms with Gasteiger partial charge < -0.3 is 9.64 Å². The molecular weight excluding hydrogens is 320 g/mol. The fourth-order valence-electron chi connectivity index (χ4n) is 3.09. The maximum atomic E-state index is 12.6. The number of hydrogen-bond donors (Lipinski definition) is 0. The van der Waals surface area contributed by atoms with Crippen molar-refractivity contribution in [2.45, 2.75) is 45.2 Å². The van der Waals surface area contributed by atoms with Gasteiger partial charge in [-0.3, -0.25) is 19.4 Å². The van der Waals surface area contributed by atoms with Crippen LogP contribution in [0.5, 0.6) is 0 Å². The molecule has 3 rings (SSSR count). The zero-order valence-electron chi connectivity index (χ0n) is 14.5. The third-order valence-corrected chi connectivity index (χ3v) is 4.49. The quantitative estimate of drug-likeness (QED) is 0.745. The summed E-state index contributed by atoms with van der Waals surface area (Å²) in [5.41, 5.74) is 1.94. The number of hydrogen-bond acceptors (Lipinski definition) is 6. The first-order valence-electron chi connectivity index (χ1n) is 8.70. The maximum absolute atomic E-state index is 12.6. The van der Waals surface area contributed by atoms with Gasteiger partial charge in [0.25, 0.3) is 0 Å². The Morgan fingerprint density at radius 2 is 2.24 bits per heavy atom. The van der Waals surface area contributed by atoms with Crippen LogP contribution >= 0.6 is 0 Å². The molecule has 0 aromatic carbocycles. The van der Waals surface area contributed by atoms with Crippen LogP contribution in [0.4, 0.5) is 0 Å². The summed E-state index contributed by atoms with van der Waals surface area (Å²) in [5.74, 6) is 0.185. The van der Waals surface area contributed by atoms with Gasteiger partial charge in [0.2, 0.25) is 5.91 Å². The summed E-state index contributed by atoms with van der Waals surface area (Å²) >= 11 is 0. The van der Waals surface area contributed by atoms with Crippen LogP contribution in [0.15, 0.2) is 25.0 Å². The van der Waals surface area contributed by atoms with Crippen molar-refractivity contribution in [1.29, 1.82) is 0 Å². The fraction of sp³-hybridized carbons (Fsp3) is 0.588. The van der Waals surface area contributed by atoms with E-state index < -0.39 is 0 Å². The second-order valence-electron chi connectivity index (χ2n) is 6.21. The van der Waals surface area contributed by atoms with E-state index in [9.17, 15) is 4.79 Å². The van der Waals surface area contributed by atoms with E-state index in [0.717, 1.165) is 30.7 Å². The normalized spacial score (nSPS) is 17.6. The van der Waals surface area contributed by atoms with E-state index in [1.165, 1.54) is 6.33 Å². The molecule has 0 bridgehead atoms. The summed E-state index contributed by atoms with van der Waals surface area (Å²) in [6.45, 7) is 4.53. The third kappa shape index (κ3) is 4.82. The van der Waals surface area contributed by atoms with E-state index in [0.29, 0.717) is 32.7 Å². The molecule has 8 heteroatoms. The number of aryl methyl sites for hydroxylation is 3. The molecule has 1 fully saturated rings. The van der Waals surface area contributed by atoms with Crippen LogP contribution in [0.2, 0.25) is 0 Å². The Labute approximate surface area is 147 Å². The number of carbonyl (C=O) groups is 1. The number of ether oxygens (including phenoxy) is 1. The van der Waals surface area contributed by atoms with Crippen LogP contribution in [0, 0.1) is 6.92 Å². The summed E-state index contributed by atoms with van der Waals surface area (Å²) in [7, 11) is 0. The molecule has 3 heterocycles. The average Bonchev–Trinajstić information content (AvgIpc) is 3.15. The molecule has 2 aromatic heterocycles. The highest BCUT2D eigenvalue weighted by Gasteiger charge is 2.26. The van der Waals surface area contributed by atoms with Crippen molar-refractivity contribution in [3.8, 4) is 0 Å². The summed E-state index contributed by atoms with van der Waals surface area (Å²) in [6, 6.07) is 0.106. The first-order valence-corrected chi connectivity index (χ1v) is 8.70. The maximum Gasteiger partial charge on any atom is 0.223 e. The van der Waals surface area contributed by atoms with E-state index in [1.807, 2.05) is 11.8 Å². The zero-order valence-corrected chi connectivity index (χ0v) is 14.5. The number of nitrogens with zero attached hydrogens (tertiary/aromatic N) is 6. The number of morpholine rings is 1. The minimum atomic E-state index is 0.106. The van der Waals surface area contributed by atoms with Crippen LogP contribution in [-0.2, 0) is 22.5 Å². The highest BCUT2D eigenvalue weighted by molar-refractivity contribution is 5.76. The topological polar surface area (TPSA) is 86.0 Å². The van der Waals surface area contributed by atoms with Gasteiger partial charge in [-0.1, -0.05) is 0 Å². The van der Waals surface area contributed by atoms with Crippen molar-refractivity contribution in [2.75, 3.05) is 19.8 Å². The minimum absolute atomic E-state index is 0.106. The van der Waals surface area contributed by atoms with E-state index in [1.54, 1.807) is 23.4 Å². The number of amides is 1. The monoisotopic (exact) mass is 344 g/mol. The molecule has 1 amide bonds. The Morgan fingerprint density at radius 3 is 3.04 bits per heavy atom. The number of carbonyl (C=O) groups excluding carboxylic acids is 1. The number of rotatable bonds is 7. The van der Waals surface area contributed by atoms with Gasteiger partial charge in [-0.05, 0) is 26.2 Å². The van der Waals surface area contributed by atoms with Crippen molar-refractivity contribution >= 4 is 5.91 Å². The van der Waals surface area contributed by atoms with Gasteiger partial charge in [0.1, 0.15) is 12.7 Å². The van der Waals surface area contributed by atoms with Gasteiger partial charge in [-0.2, -0.15) is 5.10 Å². The van der Waals surface area contributed by atoms with E-state index in [-0.39, 0.29) is 11.9 Å². The van der Waals surface area contributed by atoms with Gasteiger partial charge in [0.05, 0.1) is 30.6 Å². The molecule has 8 nitrogen and oxygen atoms in total. The molecule has 0 aliphatic carbocycles. The molecule has 2 aromatic rings. The SMILES string of the molecule is Cc1nccnc1CC[C@@H]1COCCN1C(=O)CCCn1cncn1. The first-order chi connectivity index (χ1) is 12.2. The predicted octanol–water partition coefficient (Wildman–Crippen LogP) is 1.02. The van der Waals surface area contributed by atoms with Crippen molar-refractivity contribution in [3.63, 3.8) is 0 Å². The lowest BCUT2D eigenvalue weighted by Crippen LogP contribution is -2.48. The lowest BCUT2D eigenvalue weighted by molar-refractivity contribution is -0.140. The Balaban J connectivity index is 1.51. The molecule has 0 radical (unpaired) electrons. The predicted molar refractivity (Wildman–Crippen MR) is 90.7 cm³/mol. The van der Waals surface area contributed by atoms with Crippen LogP contribution in [0.3, 0.4) is 0 Å². The van der Waals surface area contributed by atoms with Crippen molar-refractivity contribution in [1.82, 2.24) is 29.6 Å². The molecular formula is C17H24N6O2. The average molecular weight is 344 g/mol. The van der Waals surface area contributed by atoms with Crippen LogP contribution in [-0.4, -0.2) is 61.3 Å². The smallest absolute Gasteiger partial charge is 0.223 e. The Kier molecular flexibility index (Phi) is 6.05. The summed E-state index contributed by atoms with van der Waals surface area (Å²) in [4.78, 5) is 27.2. The van der Waals surface area contributed by atoms with Gasteiger partial charge in [-0.15, -0.1) is 0 Å². The summed E-state index contributed by atoms with van der Waals surface area (Å²) in [5, 5.41) is 4.06. The highest BCUT2D eigenvalue weighted by Crippen LogP contribution is 2.16. The van der Waals surface area contributed by atoms with E-state index >= 15 is 0 Å². The molecule has 25 heavy (non-hydrogen) atoms. The summed E-state index contributed by atoms with van der Waals surface area (Å²) in [6.07, 6.45) is 9.51. The van der Waals surface area contributed by atoms with Crippen molar-refractivity contribution in [3.05, 3.63) is 36.4 Å². The largest absolute Gasteiger partial charge is 0.377 e. The molecule has 1 aliphatic heterocycles. The molecule has 0 unspecified atom stereocenters. The highest BCUT2D eigenvalue weighted by atomic mass is 16.5. The zero-order chi connectivity index (χ0) is 17.5. The van der Waals surface area contributed by atoms with Gasteiger partial charge in [0.15, 0.2) is 0 Å². The van der Waals surface area contributed by atoms with Gasteiger partial charge in [-0.25, -0.2) is 4.98 Å². The molecule has 1 aliphatic rings. The fourth-order valence-corrected chi connectivity index (χ4v) is 3.09. The molecule has 0 saturated carbocycles. The standard InChI is InChI=1S/C17H24N6O2/c1-14-16(20-7-6-19-14)5-4-15-11-25-10-9-23(15)17(24)3-2-8-22-13-18-12-21-22/h6-7,12-13,15H,2-5,8-11H2,1H3/t15-/m1/s1. The van der Waals surface area contributed by atoms with Gasteiger partial charge >= 0.3 is 0 Å². The van der Waals surface area contributed by atoms with E-state index in [2.05, 4.69) is 20.1 Å². The van der Waals surface area contributed by atoms with Gasteiger partial charge in [0, 0.05) is 31.9 Å². The Morgan fingerprint density at radius 1 is 1.36 bits per heavy atom. The Bertz CT molecular complexity index is 676. The first kappa shape index (κ1) is 17.5. The van der Waals surface area contributed by atoms with Crippen molar-refractivity contribution in [2.24, 2.45) is 0 Å². The van der Waals surface area contributed by atoms with E-state index in [4.69, 9.17) is 4.74 Å². The lowest BCUT2D eigenvalue weighted by Gasteiger charge is -2.36. The van der Waals surface area contributed by atoms with Crippen LogP contribution in [0.1, 0.15) is 30.7 Å². The Hall–Kier alpha value is -2.35. The molecule has 0 N–H and O–H groups in total. The lowest BCUT2D eigenvalue weighted by atomic mass is 10.1. The molecule has 134 valence electrons.